The van der Waals surface area contributed by atoms with Gasteiger partial charge >= 0.3 is 0 Å². The first kappa shape index (κ1) is 27.8. The number of ether oxygens (including phenoxy) is 1. The van der Waals surface area contributed by atoms with Crippen molar-refractivity contribution in [2.75, 3.05) is 20.3 Å². The Labute approximate surface area is 226 Å². The second-order valence-electron chi connectivity index (χ2n) is 10.8. The summed E-state index contributed by atoms with van der Waals surface area (Å²) in [7, 11) is -1.16. The molecule has 0 aromatic heterocycles. The number of methoxy groups -OCH3 is 1. The van der Waals surface area contributed by atoms with E-state index in [0.29, 0.717) is 13.1 Å². The van der Waals surface area contributed by atoms with Crippen LogP contribution in [-0.2, 0) is 11.0 Å². The quantitative estimate of drug-likeness (QED) is 0.337. The molecule has 0 radical (unpaired) electrons. The summed E-state index contributed by atoms with van der Waals surface area (Å²) in [6.07, 6.45) is -2.06. The smallest absolute Gasteiger partial charge is 0.261 e. The maximum Gasteiger partial charge on any atom is 0.261 e. The molecule has 0 aliphatic carbocycles. The Hall–Kier alpha value is -2.19. The highest BCUT2D eigenvalue weighted by atomic mass is 35.5. The molecule has 3 aromatic carbocycles. The van der Waals surface area contributed by atoms with E-state index in [0.717, 1.165) is 11.3 Å². The van der Waals surface area contributed by atoms with Gasteiger partial charge in [-0.3, -0.25) is 4.90 Å². The fourth-order valence-corrected chi connectivity index (χ4v) is 10.4. The number of halogens is 1. The molecule has 4 atom stereocenters. The van der Waals surface area contributed by atoms with Crippen molar-refractivity contribution in [3.63, 3.8) is 0 Å². The van der Waals surface area contributed by atoms with Crippen LogP contribution in [-0.4, -0.2) is 67.3 Å². The van der Waals surface area contributed by atoms with Gasteiger partial charge in [0.1, 0.15) is 5.75 Å². The van der Waals surface area contributed by atoms with Crippen LogP contribution >= 0.6 is 11.6 Å². The van der Waals surface area contributed by atoms with Gasteiger partial charge in [-0.2, -0.15) is 0 Å². The maximum absolute atomic E-state index is 11.2. The van der Waals surface area contributed by atoms with E-state index >= 15 is 0 Å². The van der Waals surface area contributed by atoms with E-state index in [1.54, 1.807) is 7.11 Å². The van der Waals surface area contributed by atoms with E-state index in [2.05, 4.69) is 74.2 Å². The summed E-state index contributed by atoms with van der Waals surface area (Å²) in [6, 6.07) is 28.3. The average molecular weight is 540 g/mol. The lowest BCUT2D eigenvalue weighted by atomic mass is 9.95. The van der Waals surface area contributed by atoms with E-state index in [1.165, 1.54) is 10.4 Å². The van der Waals surface area contributed by atoms with Gasteiger partial charge in [-0.25, -0.2) is 0 Å². The molecule has 0 spiro atoms. The summed E-state index contributed by atoms with van der Waals surface area (Å²) in [4.78, 5) is 2.13. The standard InChI is InChI=1S/C30H38ClNO4Si/c1-30(2,3)37(24-11-7-5-8-12-24,25-13-9-6-10-14-25)36-21-27-29(34)28(33)26(31)20-32(27)19-22-15-17-23(35-4)18-16-22/h5-18,26-29,33-34H,19-21H2,1-4H3/t26-,27+,28+,29+/m0/s1. The Kier molecular flexibility index (Phi) is 8.79. The molecule has 3 aromatic rings. The zero-order chi connectivity index (χ0) is 26.6. The number of benzene rings is 3. The van der Waals surface area contributed by atoms with Crippen LogP contribution in [0.1, 0.15) is 26.3 Å². The van der Waals surface area contributed by atoms with E-state index in [-0.39, 0.29) is 11.6 Å². The van der Waals surface area contributed by atoms with E-state index in [9.17, 15) is 10.2 Å². The molecule has 7 heteroatoms. The van der Waals surface area contributed by atoms with Crippen LogP contribution in [0.5, 0.6) is 5.75 Å². The number of likely N-dealkylation sites (tertiary alicyclic amines) is 1. The normalized spacial score (nSPS) is 23.1. The average Bonchev–Trinajstić information content (AvgIpc) is 2.90. The van der Waals surface area contributed by atoms with Crippen LogP contribution in [0.15, 0.2) is 84.9 Å². The minimum Gasteiger partial charge on any atom is -0.497 e. The Bertz CT molecular complexity index is 1080. The molecule has 198 valence electrons. The van der Waals surface area contributed by atoms with E-state index < -0.39 is 31.9 Å². The SMILES string of the molecule is COc1ccc(CN2C[C@H](Cl)[C@@H](O)[C@H](O)[C@H]2CO[Si](c2ccccc2)(c2ccccc2)C(C)(C)C)cc1. The minimum atomic E-state index is -2.80. The number of aliphatic hydroxyl groups excluding tert-OH is 2. The van der Waals surface area contributed by atoms with Gasteiger partial charge in [-0.1, -0.05) is 93.6 Å². The van der Waals surface area contributed by atoms with Gasteiger partial charge in [0.25, 0.3) is 8.32 Å². The summed E-state index contributed by atoms with van der Waals surface area (Å²) in [6.45, 7) is 7.98. The lowest BCUT2D eigenvalue weighted by Gasteiger charge is -2.47. The summed E-state index contributed by atoms with van der Waals surface area (Å²) in [5.74, 6) is 0.791. The van der Waals surface area contributed by atoms with Crippen molar-refractivity contribution in [2.24, 2.45) is 0 Å². The summed E-state index contributed by atoms with van der Waals surface area (Å²) in [5, 5.41) is 23.5. The van der Waals surface area contributed by atoms with Crippen LogP contribution in [0, 0.1) is 0 Å². The Morgan fingerprint density at radius 1 is 0.865 bits per heavy atom. The number of aliphatic hydroxyl groups is 2. The Morgan fingerprint density at radius 2 is 1.41 bits per heavy atom. The predicted molar refractivity (Wildman–Crippen MR) is 152 cm³/mol. The number of hydrogen-bond acceptors (Lipinski definition) is 5. The third-order valence-electron chi connectivity index (χ3n) is 7.42. The molecule has 37 heavy (non-hydrogen) atoms. The van der Waals surface area contributed by atoms with Gasteiger partial charge in [0.05, 0.1) is 37.3 Å². The number of piperidine rings is 1. The monoisotopic (exact) mass is 539 g/mol. The highest BCUT2D eigenvalue weighted by Gasteiger charge is 2.51. The first-order chi connectivity index (χ1) is 17.7. The molecule has 0 amide bonds. The number of rotatable bonds is 8. The number of alkyl halides is 1. The molecule has 1 aliphatic heterocycles. The lowest BCUT2D eigenvalue weighted by Crippen LogP contribution is -2.69. The van der Waals surface area contributed by atoms with Crippen LogP contribution in [0.25, 0.3) is 0 Å². The van der Waals surface area contributed by atoms with Crippen molar-refractivity contribution in [1.82, 2.24) is 4.90 Å². The molecular weight excluding hydrogens is 502 g/mol. The third kappa shape index (κ3) is 5.80. The summed E-state index contributed by atoms with van der Waals surface area (Å²) < 4.78 is 12.4. The molecule has 5 nitrogen and oxygen atoms in total. The highest BCUT2D eigenvalue weighted by molar-refractivity contribution is 6.99. The molecule has 1 heterocycles. The van der Waals surface area contributed by atoms with Gasteiger partial charge in [-0.15, -0.1) is 11.6 Å². The van der Waals surface area contributed by atoms with E-state index in [4.69, 9.17) is 20.8 Å². The fourth-order valence-electron chi connectivity index (χ4n) is 5.45. The second kappa shape index (κ2) is 11.7. The van der Waals surface area contributed by atoms with Crippen molar-refractivity contribution in [1.29, 1.82) is 0 Å². The van der Waals surface area contributed by atoms with Crippen LogP contribution < -0.4 is 15.1 Å². The highest BCUT2D eigenvalue weighted by Crippen LogP contribution is 2.37. The zero-order valence-electron chi connectivity index (χ0n) is 22.0. The van der Waals surface area contributed by atoms with Crippen molar-refractivity contribution in [3.8, 4) is 5.75 Å². The topological polar surface area (TPSA) is 62.2 Å². The van der Waals surface area contributed by atoms with E-state index in [1.807, 2.05) is 36.4 Å². The molecule has 1 aliphatic rings. The lowest BCUT2D eigenvalue weighted by molar-refractivity contribution is -0.0876. The second-order valence-corrected chi connectivity index (χ2v) is 15.7. The zero-order valence-corrected chi connectivity index (χ0v) is 23.8. The minimum absolute atomic E-state index is 0.191. The van der Waals surface area contributed by atoms with Crippen molar-refractivity contribution in [3.05, 3.63) is 90.5 Å². The molecular formula is C30H38ClNO4Si. The first-order valence-electron chi connectivity index (χ1n) is 12.8. The van der Waals surface area contributed by atoms with Crippen LogP contribution in [0.3, 0.4) is 0 Å². The van der Waals surface area contributed by atoms with Crippen LogP contribution in [0.4, 0.5) is 0 Å². The Balaban J connectivity index is 1.70. The van der Waals surface area contributed by atoms with Gasteiger partial charge in [0.15, 0.2) is 0 Å². The van der Waals surface area contributed by atoms with Crippen LogP contribution in [0.2, 0.25) is 5.04 Å². The fraction of sp³-hybridized carbons (Fsp3) is 0.400. The molecule has 1 saturated heterocycles. The molecule has 1 fully saturated rings. The third-order valence-corrected chi connectivity index (χ3v) is 12.8. The van der Waals surface area contributed by atoms with Crippen molar-refractivity contribution >= 4 is 30.3 Å². The largest absolute Gasteiger partial charge is 0.497 e. The molecule has 2 N–H and O–H groups in total. The van der Waals surface area contributed by atoms with Gasteiger partial charge < -0.3 is 19.4 Å². The molecule has 0 saturated carbocycles. The Morgan fingerprint density at radius 3 is 1.89 bits per heavy atom. The van der Waals surface area contributed by atoms with Crippen molar-refractivity contribution in [2.45, 2.75) is 56.0 Å². The molecule has 0 bridgehead atoms. The van der Waals surface area contributed by atoms with Crippen molar-refractivity contribution < 1.29 is 19.4 Å². The first-order valence-corrected chi connectivity index (χ1v) is 15.1. The van der Waals surface area contributed by atoms with Gasteiger partial charge in [0, 0.05) is 13.1 Å². The number of nitrogens with zero attached hydrogens (tertiary/aromatic N) is 1. The van der Waals surface area contributed by atoms with Gasteiger partial charge in [0.2, 0.25) is 0 Å². The number of hydrogen-bond donors (Lipinski definition) is 2. The molecule has 4 rings (SSSR count). The maximum atomic E-state index is 11.2. The summed E-state index contributed by atoms with van der Waals surface area (Å²) in [5.41, 5.74) is 1.07. The predicted octanol–water partition coefficient (Wildman–Crippen LogP) is 3.79. The van der Waals surface area contributed by atoms with Gasteiger partial charge in [-0.05, 0) is 33.1 Å². The summed E-state index contributed by atoms with van der Waals surface area (Å²) >= 11 is 6.49. The molecule has 0 unspecified atom stereocenters.